The van der Waals surface area contributed by atoms with Crippen LogP contribution in [0.3, 0.4) is 0 Å². The van der Waals surface area contributed by atoms with Gasteiger partial charge in [0.15, 0.2) is 5.13 Å². The van der Waals surface area contributed by atoms with Crippen molar-refractivity contribution in [2.75, 3.05) is 5.32 Å². The van der Waals surface area contributed by atoms with Gasteiger partial charge in [-0.15, -0.1) is 0 Å². The van der Waals surface area contributed by atoms with Crippen LogP contribution < -0.4 is 5.32 Å². The molecule has 0 aliphatic heterocycles. The molecule has 0 saturated carbocycles. The quantitative estimate of drug-likeness (QED) is 0.861. The Bertz CT molecular complexity index is 608. The first kappa shape index (κ1) is 14.6. The van der Waals surface area contributed by atoms with Gasteiger partial charge in [0.1, 0.15) is 0 Å². The van der Waals surface area contributed by atoms with Crippen LogP contribution in [0.1, 0.15) is 30.2 Å². The topological polar surface area (TPSA) is 45.2 Å². The first-order valence-corrected chi connectivity index (χ1v) is 6.73. The summed E-state index contributed by atoms with van der Waals surface area (Å²) in [6, 6.07) is 5.16. The molecule has 0 amide bonds. The number of rotatable bonds is 3. The van der Waals surface area contributed by atoms with Crippen LogP contribution in [0.25, 0.3) is 0 Å². The lowest BCUT2D eigenvalue weighted by Gasteiger charge is -2.12. The first-order valence-electron chi connectivity index (χ1n) is 5.92. The van der Waals surface area contributed by atoms with Crippen molar-refractivity contribution in [1.82, 2.24) is 4.98 Å². The van der Waals surface area contributed by atoms with Crippen molar-refractivity contribution in [3.05, 3.63) is 34.7 Å². The number of aromatic hydroxyl groups is 1. The molecule has 3 nitrogen and oxygen atoms in total. The lowest BCUT2D eigenvalue weighted by molar-refractivity contribution is -0.136. The maximum Gasteiger partial charge on any atom is 0.418 e. The molecule has 0 radical (unpaired) electrons. The molecular weight excluding hydrogens is 289 g/mol. The normalized spacial score (nSPS) is 11.9. The minimum absolute atomic E-state index is 0.0564. The summed E-state index contributed by atoms with van der Waals surface area (Å²) in [5.41, 5.74) is -0.843. The highest BCUT2D eigenvalue weighted by atomic mass is 32.1. The average molecular weight is 302 g/mol. The summed E-state index contributed by atoms with van der Waals surface area (Å²) < 4.78 is 38.6. The summed E-state index contributed by atoms with van der Waals surface area (Å²) in [7, 11) is 0. The molecule has 2 N–H and O–H groups in total. The van der Waals surface area contributed by atoms with E-state index < -0.39 is 11.7 Å². The van der Waals surface area contributed by atoms with Crippen LogP contribution in [-0.4, -0.2) is 10.1 Å². The van der Waals surface area contributed by atoms with E-state index in [-0.39, 0.29) is 22.6 Å². The summed E-state index contributed by atoms with van der Waals surface area (Å²) in [6.07, 6.45) is -4.44. The maximum absolute atomic E-state index is 12.9. The molecule has 0 aliphatic carbocycles. The van der Waals surface area contributed by atoms with Crippen LogP contribution in [0.15, 0.2) is 24.3 Å². The molecule has 0 aliphatic rings. The Kier molecular flexibility index (Phi) is 3.89. The van der Waals surface area contributed by atoms with Gasteiger partial charge in [0, 0.05) is 0 Å². The van der Waals surface area contributed by atoms with E-state index >= 15 is 0 Å². The molecule has 1 heterocycles. The number of aromatic nitrogens is 1. The number of alkyl halides is 3. The number of hydrogen-bond acceptors (Lipinski definition) is 4. The summed E-state index contributed by atoms with van der Waals surface area (Å²) in [4.78, 5) is 4.48. The van der Waals surface area contributed by atoms with Gasteiger partial charge in [0.05, 0.1) is 16.1 Å². The zero-order valence-corrected chi connectivity index (χ0v) is 11.6. The summed E-state index contributed by atoms with van der Waals surface area (Å²) in [6.45, 7) is 3.75. The zero-order valence-electron chi connectivity index (χ0n) is 10.8. The Labute approximate surface area is 118 Å². The third-order valence-electron chi connectivity index (χ3n) is 2.63. The van der Waals surface area contributed by atoms with Crippen LogP contribution in [0.4, 0.5) is 24.0 Å². The van der Waals surface area contributed by atoms with Crippen LogP contribution in [0, 0.1) is 0 Å². The molecule has 0 atom stereocenters. The number of halogens is 3. The predicted molar refractivity (Wildman–Crippen MR) is 72.6 cm³/mol. The van der Waals surface area contributed by atoms with E-state index in [1.165, 1.54) is 18.2 Å². The van der Waals surface area contributed by atoms with E-state index in [1.54, 1.807) is 0 Å². The molecule has 0 fully saturated rings. The van der Waals surface area contributed by atoms with Gasteiger partial charge in [-0.05, 0) is 18.1 Å². The second-order valence-corrected chi connectivity index (χ2v) is 5.56. The van der Waals surface area contributed by atoms with Crippen molar-refractivity contribution < 1.29 is 18.3 Å². The minimum Gasteiger partial charge on any atom is -0.492 e. The SMILES string of the molecule is CC(C)c1sc(Nc2ccccc2C(F)(F)F)nc1O. The highest BCUT2D eigenvalue weighted by molar-refractivity contribution is 7.16. The number of nitrogens with zero attached hydrogens (tertiary/aromatic N) is 1. The van der Waals surface area contributed by atoms with Crippen molar-refractivity contribution >= 4 is 22.2 Å². The monoisotopic (exact) mass is 302 g/mol. The molecule has 1 aromatic carbocycles. The van der Waals surface area contributed by atoms with Crippen molar-refractivity contribution in [2.45, 2.75) is 25.9 Å². The molecule has 2 aromatic rings. The molecule has 7 heteroatoms. The standard InChI is InChI=1S/C13H13F3N2OS/c1-7(2)10-11(19)18-12(20-10)17-9-6-4-3-5-8(9)13(14,15)16/h3-7,19H,1-2H3,(H,17,18). The van der Waals surface area contributed by atoms with Gasteiger partial charge in [-0.3, -0.25) is 0 Å². The molecular formula is C13H13F3N2OS. The largest absolute Gasteiger partial charge is 0.492 e. The van der Waals surface area contributed by atoms with E-state index in [9.17, 15) is 18.3 Å². The highest BCUT2D eigenvalue weighted by Crippen LogP contribution is 2.39. The van der Waals surface area contributed by atoms with Gasteiger partial charge in [-0.2, -0.15) is 18.2 Å². The second kappa shape index (κ2) is 5.32. The fourth-order valence-corrected chi connectivity index (χ4v) is 2.58. The van der Waals surface area contributed by atoms with E-state index in [0.29, 0.717) is 4.88 Å². The second-order valence-electron chi connectivity index (χ2n) is 4.53. The van der Waals surface area contributed by atoms with Gasteiger partial charge in [-0.1, -0.05) is 37.3 Å². The van der Waals surface area contributed by atoms with Gasteiger partial charge in [-0.25, -0.2) is 0 Å². The number of anilines is 2. The number of benzene rings is 1. The van der Waals surface area contributed by atoms with Crippen LogP contribution in [-0.2, 0) is 6.18 Å². The van der Waals surface area contributed by atoms with Crippen molar-refractivity contribution in [1.29, 1.82) is 0 Å². The van der Waals surface area contributed by atoms with Crippen molar-refractivity contribution in [3.8, 4) is 5.88 Å². The fourth-order valence-electron chi connectivity index (χ4n) is 1.71. The molecule has 0 spiro atoms. The van der Waals surface area contributed by atoms with E-state index in [0.717, 1.165) is 17.4 Å². The Morgan fingerprint density at radius 3 is 2.45 bits per heavy atom. The van der Waals surface area contributed by atoms with E-state index in [4.69, 9.17) is 0 Å². The molecule has 20 heavy (non-hydrogen) atoms. The third-order valence-corrected chi connectivity index (χ3v) is 3.89. The molecule has 0 unspecified atom stereocenters. The molecule has 0 saturated heterocycles. The summed E-state index contributed by atoms with van der Waals surface area (Å²) in [5.74, 6) is -0.0853. The third kappa shape index (κ3) is 3.04. The number of para-hydroxylation sites is 1. The van der Waals surface area contributed by atoms with Crippen LogP contribution in [0.2, 0.25) is 0 Å². The van der Waals surface area contributed by atoms with Crippen molar-refractivity contribution in [2.24, 2.45) is 0 Å². The highest BCUT2D eigenvalue weighted by Gasteiger charge is 2.33. The van der Waals surface area contributed by atoms with Crippen LogP contribution >= 0.6 is 11.3 Å². The van der Waals surface area contributed by atoms with Gasteiger partial charge in [0.2, 0.25) is 5.88 Å². The Balaban J connectivity index is 2.34. The van der Waals surface area contributed by atoms with Gasteiger partial charge < -0.3 is 10.4 Å². The number of thiazole rings is 1. The van der Waals surface area contributed by atoms with E-state index in [2.05, 4.69) is 10.3 Å². The molecule has 0 bridgehead atoms. The van der Waals surface area contributed by atoms with Crippen molar-refractivity contribution in [3.63, 3.8) is 0 Å². The lowest BCUT2D eigenvalue weighted by atomic mass is 10.2. The Morgan fingerprint density at radius 1 is 1.25 bits per heavy atom. The maximum atomic E-state index is 12.9. The minimum atomic E-state index is -4.44. The van der Waals surface area contributed by atoms with Gasteiger partial charge >= 0.3 is 6.18 Å². The molecule has 2 rings (SSSR count). The fraction of sp³-hybridized carbons (Fsp3) is 0.308. The Hall–Kier alpha value is -1.76. The summed E-state index contributed by atoms with van der Waals surface area (Å²) >= 11 is 1.14. The molecule has 1 aromatic heterocycles. The predicted octanol–water partition coefficient (Wildman–Crippen LogP) is 4.73. The van der Waals surface area contributed by atoms with Crippen LogP contribution in [0.5, 0.6) is 5.88 Å². The number of nitrogens with one attached hydrogen (secondary N) is 1. The zero-order chi connectivity index (χ0) is 14.9. The Morgan fingerprint density at radius 2 is 1.90 bits per heavy atom. The number of hydrogen-bond donors (Lipinski definition) is 2. The smallest absolute Gasteiger partial charge is 0.418 e. The average Bonchev–Trinajstić information content (AvgIpc) is 2.69. The summed E-state index contributed by atoms with van der Waals surface area (Å²) in [5, 5.41) is 12.5. The lowest BCUT2D eigenvalue weighted by Crippen LogP contribution is -2.08. The first-order chi connectivity index (χ1) is 9.29. The molecule has 108 valence electrons. The van der Waals surface area contributed by atoms with Gasteiger partial charge in [0.25, 0.3) is 0 Å². The van der Waals surface area contributed by atoms with E-state index in [1.807, 2.05) is 13.8 Å².